The molecule has 1 nitrogen and oxygen atoms in total. The molecule has 0 aliphatic carbocycles. The number of rotatable bonds is 4. The smallest absolute Gasteiger partial charge is 0.00123 e. The van der Waals surface area contributed by atoms with Crippen LogP contribution in [0.5, 0.6) is 0 Å². The summed E-state index contributed by atoms with van der Waals surface area (Å²) < 4.78 is 0. The number of aryl methyl sites for hydroxylation is 1. The van der Waals surface area contributed by atoms with Crippen LogP contribution in [0.3, 0.4) is 0 Å². The first-order valence-corrected chi connectivity index (χ1v) is 6.89. The molecule has 1 aromatic carbocycles. The van der Waals surface area contributed by atoms with Crippen molar-refractivity contribution in [3.63, 3.8) is 0 Å². The second kappa shape index (κ2) is 5.68. The van der Waals surface area contributed by atoms with Gasteiger partial charge < -0.3 is 4.90 Å². The van der Waals surface area contributed by atoms with Gasteiger partial charge in [0.05, 0.1) is 0 Å². The molecule has 1 aromatic rings. The van der Waals surface area contributed by atoms with E-state index >= 15 is 0 Å². The van der Waals surface area contributed by atoms with Crippen LogP contribution in [0, 0.1) is 17.8 Å². The molecule has 0 spiro atoms. The standard InChI is InChI=1S/C16H25N/c1-13(2)16-12-17(3)11-15(16)10-9-14-7-5-4-6-8-14/h4-8,13,15-16H,9-12H2,1-3H3. The summed E-state index contributed by atoms with van der Waals surface area (Å²) in [7, 11) is 2.26. The molecule has 0 saturated carbocycles. The fourth-order valence-electron chi connectivity index (χ4n) is 3.18. The summed E-state index contributed by atoms with van der Waals surface area (Å²) in [6.07, 6.45) is 2.58. The predicted molar refractivity (Wildman–Crippen MR) is 74.1 cm³/mol. The van der Waals surface area contributed by atoms with E-state index in [2.05, 4.69) is 56.1 Å². The lowest BCUT2D eigenvalue weighted by molar-refractivity contribution is 0.303. The minimum atomic E-state index is 0.820. The van der Waals surface area contributed by atoms with E-state index in [4.69, 9.17) is 0 Å². The van der Waals surface area contributed by atoms with Gasteiger partial charge in [0.1, 0.15) is 0 Å². The Morgan fingerprint density at radius 1 is 1.18 bits per heavy atom. The van der Waals surface area contributed by atoms with Crippen molar-refractivity contribution < 1.29 is 0 Å². The van der Waals surface area contributed by atoms with Crippen molar-refractivity contribution in [1.82, 2.24) is 4.90 Å². The van der Waals surface area contributed by atoms with Crippen LogP contribution in [-0.2, 0) is 6.42 Å². The van der Waals surface area contributed by atoms with E-state index in [1.807, 2.05) is 0 Å². The minimum absolute atomic E-state index is 0.820. The normalized spacial score (nSPS) is 25.6. The molecule has 0 aromatic heterocycles. The highest BCUT2D eigenvalue weighted by Gasteiger charge is 2.32. The Bertz CT molecular complexity index is 331. The van der Waals surface area contributed by atoms with Crippen LogP contribution >= 0.6 is 0 Å². The molecule has 1 heterocycles. The van der Waals surface area contributed by atoms with Gasteiger partial charge in [0.2, 0.25) is 0 Å². The number of benzene rings is 1. The van der Waals surface area contributed by atoms with Gasteiger partial charge in [-0.2, -0.15) is 0 Å². The fourth-order valence-corrected chi connectivity index (χ4v) is 3.18. The summed E-state index contributed by atoms with van der Waals surface area (Å²) in [6.45, 7) is 7.32. The van der Waals surface area contributed by atoms with Crippen LogP contribution in [-0.4, -0.2) is 25.0 Å². The van der Waals surface area contributed by atoms with E-state index in [1.54, 1.807) is 0 Å². The summed E-state index contributed by atoms with van der Waals surface area (Å²) in [4.78, 5) is 2.50. The average molecular weight is 231 g/mol. The number of hydrogen-bond donors (Lipinski definition) is 0. The lowest BCUT2D eigenvalue weighted by atomic mass is 9.83. The van der Waals surface area contributed by atoms with Gasteiger partial charge in [-0.1, -0.05) is 44.2 Å². The Morgan fingerprint density at radius 3 is 2.53 bits per heavy atom. The molecule has 17 heavy (non-hydrogen) atoms. The molecule has 1 aliphatic rings. The predicted octanol–water partition coefficient (Wildman–Crippen LogP) is 3.45. The second-order valence-electron chi connectivity index (χ2n) is 5.91. The van der Waals surface area contributed by atoms with Gasteiger partial charge in [0.15, 0.2) is 0 Å². The average Bonchev–Trinajstić information content (AvgIpc) is 2.69. The molecule has 0 N–H and O–H groups in total. The Kier molecular flexibility index (Phi) is 4.22. The summed E-state index contributed by atoms with van der Waals surface area (Å²) >= 11 is 0. The molecule has 0 radical (unpaired) electrons. The lowest BCUT2D eigenvalue weighted by Gasteiger charge is -2.21. The molecule has 2 unspecified atom stereocenters. The van der Waals surface area contributed by atoms with Crippen molar-refractivity contribution in [3.05, 3.63) is 35.9 Å². The first-order chi connectivity index (χ1) is 8.16. The van der Waals surface area contributed by atoms with Crippen LogP contribution in [0.15, 0.2) is 30.3 Å². The zero-order valence-electron chi connectivity index (χ0n) is 11.4. The van der Waals surface area contributed by atoms with Crippen molar-refractivity contribution in [2.45, 2.75) is 26.7 Å². The molecule has 0 bridgehead atoms. The van der Waals surface area contributed by atoms with Crippen molar-refractivity contribution >= 4 is 0 Å². The molecular weight excluding hydrogens is 206 g/mol. The summed E-state index contributed by atoms with van der Waals surface area (Å²) in [5.41, 5.74) is 1.49. The van der Waals surface area contributed by atoms with Gasteiger partial charge >= 0.3 is 0 Å². The third-order valence-corrected chi connectivity index (χ3v) is 4.18. The summed E-state index contributed by atoms with van der Waals surface area (Å²) in [6, 6.07) is 10.9. The van der Waals surface area contributed by atoms with Crippen LogP contribution < -0.4 is 0 Å². The van der Waals surface area contributed by atoms with Gasteiger partial charge in [-0.25, -0.2) is 0 Å². The van der Waals surface area contributed by atoms with Crippen LogP contribution in [0.1, 0.15) is 25.8 Å². The third-order valence-electron chi connectivity index (χ3n) is 4.18. The Balaban J connectivity index is 1.90. The van der Waals surface area contributed by atoms with Gasteiger partial charge in [-0.05, 0) is 43.2 Å². The maximum absolute atomic E-state index is 2.50. The van der Waals surface area contributed by atoms with Crippen molar-refractivity contribution in [1.29, 1.82) is 0 Å². The lowest BCUT2D eigenvalue weighted by Crippen LogP contribution is -2.19. The molecule has 2 rings (SSSR count). The highest BCUT2D eigenvalue weighted by Crippen LogP contribution is 2.31. The van der Waals surface area contributed by atoms with E-state index in [0.29, 0.717) is 0 Å². The zero-order valence-corrected chi connectivity index (χ0v) is 11.4. The summed E-state index contributed by atoms with van der Waals surface area (Å²) in [5.74, 6) is 2.60. The molecule has 1 heteroatoms. The Morgan fingerprint density at radius 2 is 1.88 bits per heavy atom. The molecule has 2 atom stereocenters. The SMILES string of the molecule is CC(C)C1CN(C)CC1CCc1ccccc1. The number of hydrogen-bond acceptors (Lipinski definition) is 1. The van der Waals surface area contributed by atoms with E-state index in [9.17, 15) is 0 Å². The Labute approximate surface area is 106 Å². The van der Waals surface area contributed by atoms with Crippen LogP contribution in [0.2, 0.25) is 0 Å². The van der Waals surface area contributed by atoms with Crippen LogP contribution in [0.4, 0.5) is 0 Å². The maximum atomic E-state index is 2.50. The van der Waals surface area contributed by atoms with Crippen molar-refractivity contribution in [3.8, 4) is 0 Å². The second-order valence-corrected chi connectivity index (χ2v) is 5.91. The largest absolute Gasteiger partial charge is 0.306 e. The van der Waals surface area contributed by atoms with E-state index in [-0.39, 0.29) is 0 Å². The van der Waals surface area contributed by atoms with E-state index in [0.717, 1.165) is 17.8 Å². The highest BCUT2D eigenvalue weighted by molar-refractivity contribution is 5.14. The molecule has 1 fully saturated rings. The molecule has 1 aliphatic heterocycles. The summed E-state index contributed by atoms with van der Waals surface area (Å²) in [5, 5.41) is 0. The number of nitrogens with zero attached hydrogens (tertiary/aromatic N) is 1. The molecule has 94 valence electrons. The van der Waals surface area contributed by atoms with Crippen molar-refractivity contribution in [2.24, 2.45) is 17.8 Å². The molecule has 1 saturated heterocycles. The first-order valence-electron chi connectivity index (χ1n) is 6.89. The first kappa shape index (κ1) is 12.6. The molecular formula is C16H25N. The highest BCUT2D eigenvalue weighted by atomic mass is 15.1. The third kappa shape index (κ3) is 3.32. The minimum Gasteiger partial charge on any atom is -0.306 e. The number of likely N-dealkylation sites (tertiary alicyclic amines) is 1. The Hall–Kier alpha value is -0.820. The monoisotopic (exact) mass is 231 g/mol. The maximum Gasteiger partial charge on any atom is 0.00123 e. The van der Waals surface area contributed by atoms with Gasteiger partial charge in [-0.15, -0.1) is 0 Å². The fraction of sp³-hybridized carbons (Fsp3) is 0.625. The molecule has 0 amide bonds. The van der Waals surface area contributed by atoms with E-state index in [1.165, 1.54) is 31.5 Å². The quantitative estimate of drug-likeness (QED) is 0.767. The topological polar surface area (TPSA) is 3.24 Å². The zero-order chi connectivity index (χ0) is 12.3. The van der Waals surface area contributed by atoms with Crippen LogP contribution in [0.25, 0.3) is 0 Å². The van der Waals surface area contributed by atoms with Gasteiger partial charge in [0.25, 0.3) is 0 Å². The van der Waals surface area contributed by atoms with E-state index < -0.39 is 0 Å². The van der Waals surface area contributed by atoms with Crippen molar-refractivity contribution in [2.75, 3.05) is 20.1 Å². The van der Waals surface area contributed by atoms with Gasteiger partial charge in [0, 0.05) is 13.1 Å². The van der Waals surface area contributed by atoms with Gasteiger partial charge in [-0.3, -0.25) is 0 Å².